The van der Waals surface area contributed by atoms with E-state index in [0.717, 1.165) is 35.5 Å². The van der Waals surface area contributed by atoms with Crippen LogP contribution in [0.3, 0.4) is 0 Å². The van der Waals surface area contributed by atoms with Crippen molar-refractivity contribution in [3.63, 3.8) is 0 Å². The molecule has 4 rings (SSSR count). The second kappa shape index (κ2) is 9.10. The molecule has 3 aromatic rings. The van der Waals surface area contributed by atoms with Crippen molar-refractivity contribution < 1.29 is 14.3 Å². The van der Waals surface area contributed by atoms with Gasteiger partial charge in [-0.25, -0.2) is 0 Å². The Bertz CT molecular complexity index is 912. The molecule has 4 nitrogen and oxygen atoms in total. The highest BCUT2D eigenvalue weighted by molar-refractivity contribution is 5.76. The number of piperidine rings is 1. The zero-order valence-corrected chi connectivity index (χ0v) is 16.5. The van der Waals surface area contributed by atoms with E-state index in [2.05, 4.69) is 0 Å². The summed E-state index contributed by atoms with van der Waals surface area (Å²) < 4.78 is 5.90. The fourth-order valence-electron chi connectivity index (χ4n) is 4.05. The van der Waals surface area contributed by atoms with Gasteiger partial charge in [0.15, 0.2) is 0 Å². The van der Waals surface area contributed by atoms with Crippen LogP contribution in [0.1, 0.15) is 36.7 Å². The topological polar surface area (TPSA) is 53.7 Å². The molecule has 29 heavy (non-hydrogen) atoms. The number of benzene rings is 2. The Morgan fingerprint density at radius 2 is 1.62 bits per heavy atom. The zero-order chi connectivity index (χ0) is 20.1. The first-order valence-electron chi connectivity index (χ1n) is 10.4. The van der Waals surface area contributed by atoms with Crippen LogP contribution in [0, 0.1) is 5.92 Å². The Hall–Kier alpha value is -2.85. The van der Waals surface area contributed by atoms with Crippen LogP contribution in [0.2, 0.25) is 0 Å². The lowest BCUT2D eigenvalue weighted by Crippen LogP contribution is -2.39. The largest absolute Gasteiger partial charge is 0.461 e. The lowest BCUT2D eigenvalue weighted by molar-refractivity contribution is -0.133. The van der Waals surface area contributed by atoms with Crippen molar-refractivity contribution in [1.82, 2.24) is 4.90 Å². The highest BCUT2D eigenvalue weighted by Crippen LogP contribution is 2.31. The number of hydrogen-bond donors (Lipinski definition) is 1. The normalized spacial score (nSPS) is 16.0. The van der Waals surface area contributed by atoms with E-state index in [1.807, 2.05) is 77.7 Å². The average Bonchev–Trinajstić information content (AvgIpc) is 3.27. The van der Waals surface area contributed by atoms with E-state index in [1.165, 1.54) is 0 Å². The molecule has 0 bridgehead atoms. The van der Waals surface area contributed by atoms with Crippen LogP contribution in [-0.2, 0) is 11.2 Å². The van der Waals surface area contributed by atoms with Gasteiger partial charge in [-0.1, -0.05) is 60.7 Å². The van der Waals surface area contributed by atoms with E-state index in [9.17, 15) is 9.90 Å². The van der Waals surface area contributed by atoms with Crippen LogP contribution in [0.4, 0.5) is 0 Å². The van der Waals surface area contributed by atoms with Crippen molar-refractivity contribution in [3.05, 3.63) is 84.1 Å². The fourth-order valence-corrected chi connectivity index (χ4v) is 4.05. The lowest BCUT2D eigenvalue weighted by atomic mass is 9.87. The van der Waals surface area contributed by atoms with Crippen LogP contribution in [0.15, 0.2) is 77.2 Å². The second-order valence-electron chi connectivity index (χ2n) is 7.71. The molecule has 1 atom stereocenters. The van der Waals surface area contributed by atoms with Crippen LogP contribution in [0.5, 0.6) is 0 Å². The number of likely N-dealkylation sites (tertiary alicyclic amines) is 1. The van der Waals surface area contributed by atoms with Gasteiger partial charge in [0.05, 0.1) is 6.10 Å². The van der Waals surface area contributed by atoms with Crippen molar-refractivity contribution >= 4 is 5.91 Å². The van der Waals surface area contributed by atoms with Gasteiger partial charge in [0.25, 0.3) is 0 Å². The van der Waals surface area contributed by atoms with Gasteiger partial charge in [0.2, 0.25) is 5.91 Å². The molecule has 1 aromatic heterocycles. The molecule has 2 heterocycles. The van der Waals surface area contributed by atoms with E-state index in [1.54, 1.807) is 0 Å². The molecule has 1 fully saturated rings. The summed E-state index contributed by atoms with van der Waals surface area (Å²) >= 11 is 0. The van der Waals surface area contributed by atoms with E-state index in [-0.39, 0.29) is 11.8 Å². The summed E-state index contributed by atoms with van der Waals surface area (Å²) in [4.78, 5) is 14.5. The van der Waals surface area contributed by atoms with E-state index in [0.29, 0.717) is 25.9 Å². The predicted molar refractivity (Wildman–Crippen MR) is 113 cm³/mol. The van der Waals surface area contributed by atoms with Crippen molar-refractivity contribution in [2.24, 2.45) is 5.92 Å². The summed E-state index contributed by atoms with van der Waals surface area (Å²) in [5.74, 6) is 2.05. The van der Waals surface area contributed by atoms with Gasteiger partial charge in [0, 0.05) is 31.5 Å². The first-order valence-corrected chi connectivity index (χ1v) is 10.4. The Kier molecular flexibility index (Phi) is 6.11. The summed E-state index contributed by atoms with van der Waals surface area (Å²) in [5, 5.41) is 10.6. The number of carbonyl (C=O) groups is 1. The number of hydrogen-bond acceptors (Lipinski definition) is 3. The summed E-state index contributed by atoms with van der Waals surface area (Å²) in [7, 11) is 0. The third-order valence-electron chi connectivity index (χ3n) is 5.79. The molecule has 1 N–H and O–H groups in total. The molecule has 0 aliphatic carbocycles. The minimum absolute atomic E-state index is 0.162. The lowest BCUT2D eigenvalue weighted by Gasteiger charge is -2.34. The molecule has 0 radical (unpaired) electrons. The van der Waals surface area contributed by atoms with Crippen molar-refractivity contribution in [2.45, 2.75) is 31.8 Å². The van der Waals surface area contributed by atoms with Gasteiger partial charge in [-0.2, -0.15) is 0 Å². The Labute approximate surface area is 171 Å². The van der Waals surface area contributed by atoms with E-state index < -0.39 is 6.10 Å². The van der Waals surface area contributed by atoms with Crippen LogP contribution >= 0.6 is 0 Å². The molecule has 0 saturated carbocycles. The first-order chi connectivity index (χ1) is 14.2. The maximum atomic E-state index is 12.6. The molecule has 4 heteroatoms. The Balaban J connectivity index is 1.26. The molecule has 1 aliphatic heterocycles. The molecule has 1 saturated heterocycles. The molecule has 2 aromatic carbocycles. The number of aryl methyl sites for hydroxylation is 1. The van der Waals surface area contributed by atoms with E-state index >= 15 is 0 Å². The molecule has 1 amide bonds. The number of nitrogens with zero attached hydrogens (tertiary/aromatic N) is 1. The first kappa shape index (κ1) is 19.5. The van der Waals surface area contributed by atoms with Crippen LogP contribution < -0.4 is 0 Å². The fraction of sp³-hybridized carbons (Fsp3) is 0.320. The van der Waals surface area contributed by atoms with Gasteiger partial charge in [-0.3, -0.25) is 4.79 Å². The van der Waals surface area contributed by atoms with Crippen molar-refractivity contribution in [3.8, 4) is 11.3 Å². The number of amides is 1. The maximum absolute atomic E-state index is 12.6. The Morgan fingerprint density at radius 1 is 0.966 bits per heavy atom. The number of furan rings is 1. The van der Waals surface area contributed by atoms with Crippen molar-refractivity contribution in [1.29, 1.82) is 0 Å². The number of rotatable bonds is 6. The van der Waals surface area contributed by atoms with Gasteiger partial charge in [-0.05, 0) is 36.5 Å². The quantitative estimate of drug-likeness (QED) is 0.656. The van der Waals surface area contributed by atoms with Gasteiger partial charge < -0.3 is 14.4 Å². The predicted octanol–water partition coefficient (Wildman–Crippen LogP) is 4.85. The number of carbonyl (C=O) groups excluding carboxylic acids is 1. The Morgan fingerprint density at radius 3 is 2.31 bits per heavy atom. The highest BCUT2D eigenvalue weighted by Gasteiger charge is 2.28. The second-order valence-corrected chi connectivity index (χ2v) is 7.71. The standard InChI is InChI=1S/C25H27NO3/c27-24(14-12-22-11-13-23(29-22)19-7-3-1-4-8-19)26-17-15-21(16-18-26)25(28)20-9-5-2-6-10-20/h1-11,13,21,25,28H,12,14-18H2. The molecule has 1 aliphatic rings. The van der Waals surface area contributed by atoms with Crippen molar-refractivity contribution in [2.75, 3.05) is 13.1 Å². The summed E-state index contributed by atoms with van der Waals surface area (Å²) in [6.07, 6.45) is 2.28. The minimum atomic E-state index is -0.451. The highest BCUT2D eigenvalue weighted by atomic mass is 16.3. The number of aliphatic hydroxyl groups excluding tert-OH is 1. The maximum Gasteiger partial charge on any atom is 0.223 e. The summed E-state index contributed by atoms with van der Waals surface area (Å²) in [6.45, 7) is 1.42. The van der Waals surface area contributed by atoms with Gasteiger partial charge in [0.1, 0.15) is 11.5 Å². The SMILES string of the molecule is O=C(CCc1ccc(-c2ccccc2)o1)N1CCC(C(O)c2ccccc2)CC1. The number of aliphatic hydroxyl groups is 1. The summed E-state index contributed by atoms with van der Waals surface area (Å²) in [5.41, 5.74) is 2.01. The van der Waals surface area contributed by atoms with Gasteiger partial charge >= 0.3 is 0 Å². The molecule has 150 valence electrons. The van der Waals surface area contributed by atoms with E-state index in [4.69, 9.17) is 4.42 Å². The average molecular weight is 389 g/mol. The minimum Gasteiger partial charge on any atom is -0.461 e. The van der Waals surface area contributed by atoms with Crippen LogP contribution in [0.25, 0.3) is 11.3 Å². The monoisotopic (exact) mass is 389 g/mol. The van der Waals surface area contributed by atoms with Gasteiger partial charge in [-0.15, -0.1) is 0 Å². The zero-order valence-electron chi connectivity index (χ0n) is 16.5. The molecular weight excluding hydrogens is 362 g/mol. The molecular formula is C25H27NO3. The third kappa shape index (κ3) is 4.77. The smallest absolute Gasteiger partial charge is 0.223 e. The third-order valence-corrected chi connectivity index (χ3v) is 5.79. The summed E-state index contributed by atoms with van der Waals surface area (Å²) in [6, 6.07) is 23.7. The van der Waals surface area contributed by atoms with Crippen LogP contribution in [-0.4, -0.2) is 29.0 Å². The molecule has 1 unspecified atom stereocenters. The molecule has 0 spiro atoms.